The van der Waals surface area contributed by atoms with E-state index in [0.29, 0.717) is 0 Å². The first kappa shape index (κ1) is 17.6. The molecule has 0 radical (unpaired) electrons. The summed E-state index contributed by atoms with van der Waals surface area (Å²) in [5.74, 6) is 0. The summed E-state index contributed by atoms with van der Waals surface area (Å²) in [6, 6.07) is 32.9. The number of halogens is 1. The Morgan fingerprint density at radius 2 is 0.792 bits per heavy atom. The van der Waals surface area contributed by atoms with Crippen LogP contribution in [0.1, 0.15) is 16.7 Å². The SMILES string of the molecule is CP(I)(Cc1ccccc1)(Cc1ccccc1)Cc1ccccc1. The van der Waals surface area contributed by atoms with Gasteiger partial charge in [-0.15, -0.1) is 0 Å². The van der Waals surface area contributed by atoms with E-state index < -0.39 is 4.25 Å². The zero-order valence-corrected chi connectivity index (χ0v) is 17.2. The minimum atomic E-state index is -1.99. The molecule has 0 spiro atoms. The molecule has 2 heteroatoms. The zero-order chi connectivity index (χ0) is 16.9. The number of hydrogen-bond donors (Lipinski definition) is 0. The maximum atomic E-state index is 2.85. The quantitative estimate of drug-likeness (QED) is 0.279. The van der Waals surface area contributed by atoms with Crippen LogP contribution in [0.25, 0.3) is 0 Å². The van der Waals surface area contributed by atoms with Crippen molar-refractivity contribution in [3.05, 3.63) is 108 Å². The minimum absolute atomic E-state index is 1.18. The fraction of sp³-hybridized carbons (Fsp3) is 0.182. The van der Waals surface area contributed by atoms with Gasteiger partial charge in [0, 0.05) is 0 Å². The molecule has 0 aliphatic rings. The second-order valence-electron chi connectivity index (χ2n) is 7.08. The van der Waals surface area contributed by atoms with Gasteiger partial charge >= 0.3 is 159 Å². The Hall–Kier alpha value is -1.18. The number of rotatable bonds is 6. The summed E-state index contributed by atoms with van der Waals surface area (Å²) in [6.07, 6.45) is 3.53. The molecule has 24 heavy (non-hydrogen) atoms. The molecule has 0 bridgehead atoms. The van der Waals surface area contributed by atoms with E-state index in [4.69, 9.17) is 0 Å². The van der Waals surface area contributed by atoms with Crippen LogP contribution < -0.4 is 0 Å². The topological polar surface area (TPSA) is 0 Å². The second-order valence-corrected chi connectivity index (χ2v) is 21.4. The molecule has 0 amide bonds. The fourth-order valence-electron chi connectivity index (χ4n) is 3.45. The van der Waals surface area contributed by atoms with Crippen LogP contribution in [0.3, 0.4) is 0 Å². The Balaban J connectivity index is 1.95. The molecule has 0 saturated heterocycles. The molecule has 0 saturated carbocycles. The van der Waals surface area contributed by atoms with E-state index in [-0.39, 0.29) is 0 Å². The van der Waals surface area contributed by atoms with Crippen LogP contribution in [0.4, 0.5) is 0 Å². The van der Waals surface area contributed by atoms with Gasteiger partial charge in [-0.25, -0.2) is 0 Å². The van der Waals surface area contributed by atoms with Crippen molar-refractivity contribution in [1.29, 1.82) is 0 Å². The molecule has 3 aromatic carbocycles. The van der Waals surface area contributed by atoms with Gasteiger partial charge in [0.2, 0.25) is 0 Å². The number of benzene rings is 3. The molecule has 0 N–H and O–H groups in total. The first-order valence-corrected chi connectivity index (χ1v) is 14.4. The van der Waals surface area contributed by atoms with Gasteiger partial charge in [0.1, 0.15) is 0 Å². The van der Waals surface area contributed by atoms with Crippen LogP contribution in [0.5, 0.6) is 0 Å². The van der Waals surface area contributed by atoms with Gasteiger partial charge < -0.3 is 0 Å². The monoisotopic (exact) mass is 446 g/mol. The van der Waals surface area contributed by atoms with Crippen molar-refractivity contribution in [3.8, 4) is 0 Å². The van der Waals surface area contributed by atoms with Crippen molar-refractivity contribution in [3.63, 3.8) is 0 Å². The molecule has 0 aliphatic heterocycles. The summed E-state index contributed by atoms with van der Waals surface area (Å²) >= 11 is 2.85. The molecule has 0 aliphatic carbocycles. The third-order valence-electron chi connectivity index (χ3n) is 4.40. The predicted molar refractivity (Wildman–Crippen MR) is 117 cm³/mol. The summed E-state index contributed by atoms with van der Waals surface area (Å²) in [7, 11) is 0. The average Bonchev–Trinajstić information content (AvgIpc) is 2.56. The van der Waals surface area contributed by atoms with Crippen LogP contribution in [0.2, 0.25) is 0 Å². The number of hydrogen-bond acceptors (Lipinski definition) is 0. The first-order valence-electron chi connectivity index (χ1n) is 8.36. The summed E-state index contributed by atoms with van der Waals surface area (Å²) in [4.78, 5) is 0. The van der Waals surface area contributed by atoms with E-state index in [1.54, 1.807) is 0 Å². The van der Waals surface area contributed by atoms with Gasteiger partial charge in [0.05, 0.1) is 0 Å². The van der Waals surface area contributed by atoms with Gasteiger partial charge in [0.15, 0.2) is 0 Å². The van der Waals surface area contributed by atoms with E-state index >= 15 is 0 Å². The van der Waals surface area contributed by atoms with E-state index in [0.717, 1.165) is 0 Å². The molecule has 124 valence electrons. The van der Waals surface area contributed by atoms with E-state index in [9.17, 15) is 0 Å². The summed E-state index contributed by atoms with van der Waals surface area (Å²) in [6.45, 7) is 2.55. The van der Waals surface area contributed by atoms with Gasteiger partial charge in [0.25, 0.3) is 0 Å². The molecule has 0 heterocycles. The summed E-state index contributed by atoms with van der Waals surface area (Å²) in [5, 5.41) is 0. The Kier molecular flexibility index (Phi) is 5.42. The van der Waals surface area contributed by atoms with Gasteiger partial charge in [-0.1, -0.05) is 0 Å². The van der Waals surface area contributed by atoms with Crippen LogP contribution >= 0.6 is 26.3 Å². The van der Waals surface area contributed by atoms with Crippen LogP contribution in [-0.4, -0.2) is 6.66 Å². The van der Waals surface area contributed by atoms with Gasteiger partial charge in [-0.3, -0.25) is 0 Å². The Morgan fingerprint density at radius 1 is 0.542 bits per heavy atom. The molecule has 3 rings (SSSR count). The van der Waals surface area contributed by atoms with Crippen molar-refractivity contribution >= 4 is 26.3 Å². The zero-order valence-electron chi connectivity index (χ0n) is 14.1. The van der Waals surface area contributed by atoms with Crippen molar-refractivity contribution in [2.75, 3.05) is 6.66 Å². The van der Waals surface area contributed by atoms with E-state index in [1.165, 1.54) is 35.2 Å². The maximum absolute atomic E-state index is 2.85. The third-order valence-corrected chi connectivity index (χ3v) is 11.2. The Labute approximate surface area is 158 Å². The molecule has 3 aromatic rings. The fourth-order valence-corrected chi connectivity index (χ4v) is 11.0. The predicted octanol–water partition coefficient (Wildman–Crippen LogP) is 7.12. The molecule has 0 aromatic heterocycles. The van der Waals surface area contributed by atoms with Gasteiger partial charge in [-0.05, 0) is 0 Å². The molecule has 0 unspecified atom stereocenters. The van der Waals surface area contributed by atoms with E-state index in [1.807, 2.05) is 0 Å². The Morgan fingerprint density at radius 3 is 1.04 bits per heavy atom. The van der Waals surface area contributed by atoms with Crippen molar-refractivity contribution in [2.45, 2.75) is 18.5 Å². The second kappa shape index (κ2) is 7.37. The Bertz CT molecular complexity index is 659. The molecule has 0 nitrogen and oxygen atoms in total. The van der Waals surface area contributed by atoms with E-state index in [2.05, 4.69) is 120 Å². The van der Waals surface area contributed by atoms with Crippen LogP contribution in [0.15, 0.2) is 91.0 Å². The van der Waals surface area contributed by atoms with Crippen LogP contribution in [-0.2, 0) is 18.5 Å². The normalized spacial score (nSPS) is 13.2. The summed E-state index contributed by atoms with van der Waals surface area (Å²) < 4.78 is -1.99. The standard InChI is InChI=1S/C22H24IP/c1-24(23,17-20-11-5-2-6-12-20,18-21-13-7-3-8-14-21)19-22-15-9-4-10-16-22/h2-16H,17-19H2,1H3. The third kappa shape index (κ3) is 4.91. The summed E-state index contributed by atoms with van der Waals surface area (Å²) in [5.41, 5.74) is 4.37. The van der Waals surface area contributed by atoms with Crippen molar-refractivity contribution in [1.82, 2.24) is 0 Å². The molecule has 0 atom stereocenters. The van der Waals surface area contributed by atoms with Gasteiger partial charge in [-0.2, -0.15) is 0 Å². The van der Waals surface area contributed by atoms with Crippen LogP contribution in [0, 0.1) is 0 Å². The van der Waals surface area contributed by atoms with Crippen molar-refractivity contribution < 1.29 is 0 Å². The average molecular weight is 446 g/mol. The van der Waals surface area contributed by atoms with Crippen molar-refractivity contribution in [2.24, 2.45) is 0 Å². The molecular weight excluding hydrogens is 422 g/mol. The molecular formula is C22H24IP. The first-order chi connectivity index (χ1) is 11.5. The molecule has 0 fully saturated rings.